The quantitative estimate of drug-likeness (QED) is 0.535. The minimum atomic E-state index is -0.276. The molecule has 26 heavy (non-hydrogen) atoms. The van der Waals surface area contributed by atoms with Gasteiger partial charge in [-0.2, -0.15) is 0 Å². The van der Waals surface area contributed by atoms with Crippen LogP contribution in [0.5, 0.6) is 0 Å². The molecular weight excluding hydrogens is 326 g/mol. The molecule has 4 aromatic rings. The van der Waals surface area contributed by atoms with E-state index in [1.165, 1.54) is 0 Å². The van der Waals surface area contributed by atoms with Gasteiger partial charge in [0, 0.05) is 24.5 Å². The third-order valence-electron chi connectivity index (χ3n) is 4.68. The maximum Gasteiger partial charge on any atom is 0.267 e. The minimum absolute atomic E-state index is 0.152. The number of pyridine rings is 1. The van der Waals surface area contributed by atoms with Crippen LogP contribution in [0.3, 0.4) is 0 Å². The van der Waals surface area contributed by atoms with E-state index < -0.39 is 0 Å². The summed E-state index contributed by atoms with van der Waals surface area (Å²) in [5, 5.41) is 0.691. The molecule has 0 atom stereocenters. The van der Waals surface area contributed by atoms with Crippen molar-refractivity contribution in [2.24, 2.45) is 7.05 Å². The Kier molecular flexibility index (Phi) is 3.92. The van der Waals surface area contributed by atoms with Crippen LogP contribution in [0.25, 0.3) is 33.3 Å². The van der Waals surface area contributed by atoms with Gasteiger partial charge in [0.15, 0.2) is 5.65 Å². The Bertz CT molecular complexity index is 1240. The van der Waals surface area contributed by atoms with Crippen LogP contribution in [-0.2, 0) is 13.6 Å². The third kappa shape index (κ3) is 2.36. The van der Waals surface area contributed by atoms with Crippen LogP contribution in [-0.4, -0.2) is 14.1 Å². The predicted octanol–water partition coefficient (Wildman–Crippen LogP) is 3.33. The van der Waals surface area contributed by atoms with Crippen LogP contribution >= 0.6 is 0 Å². The van der Waals surface area contributed by atoms with E-state index in [2.05, 4.69) is 0 Å². The molecule has 2 aromatic heterocycles. The van der Waals surface area contributed by atoms with Crippen LogP contribution in [0, 0.1) is 0 Å². The lowest BCUT2D eigenvalue weighted by atomic mass is 10.1. The molecule has 0 aliphatic heterocycles. The van der Waals surface area contributed by atoms with Crippen molar-refractivity contribution < 1.29 is 0 Å². The van der Waals surface area contributed by atoms with E-state index in [1.54, 1.807) is 10.6 Å². The highest BCUT2D eigenvalue weighted by molar-refractivity contribution is 5.91. The molecule has 5 heteroatoms. The van der Waals surface area contributed by atoms with Gasteiger partial charge >= 0.3 is 0 Å². The molecule has 0 fully saturated rings. The number of hydrogen-bond donors (Lipinski definition) is 0. The van der Waals surface area contributed by atoms with Crippen molar-refractivity contribution in [3.8, 4) is 11.4 Å². The fourth-order valence-corrected chi connectivity index (χ4v) is 3.43. The molecule has 4 rings (SSSR count). The van der Waals surface area contributed by atoms with Gasteiger partial charge in [0.1, 0.15) is 11.2 Å². The Balaban J connectivity index is 2.23. The zero-order valence-electron chi connectivity index (χ0n) is 14.8. The second kappa shape index (κ2) is 6.26. The number of fused-ring (bicyclic) bond motifs is 2. The summed E-state index contributed by atoms with van der Waals surface area (Å²) in [5.74, 6) is 0.593. The summed E-state index contributed by atoms with van der Waals surface area (Å²) in [4.78, 5) is 31.0. The van der Waals surface area contributed by atoms with Crippen molar-refractivity contribution in [3.05, 3.63) is 75.2 Å². The highest BCUT2D eigenvalue weighted by Gasteiger charge is 2.18. The van der Waals surface area contributed by atoms with Gasteiger partial charge in [0.25, 0.3) is 5.56 Å². The normalized spacial score (nSPS) is 11.3. The average Bonchev–Trinajstić information content (AvgIpc) is 2.68. The van der Waals surface area contributed by atoms with E-state index in [0.717, 1.165) is 17.5 Å². The lowest BCUT2D eigenvalue weighted by Crippen LogP contribution is -2.29. The van der Waals surface area contributed by atoms with Gasteiger partial charge < -0.3 is 4.57 Å². The van der Waals surface area contributed by atoms with Gasteiger partial charge in [0.2, 0.25) is 5.43 Å². The zero-order valence-corrected chi connectivity index (χ0v) is 14.8. The third-order valence-corrected chi connectivity index (χ3v) is 4.68. The summed E-state index contributed by atoms with van der Waals surface area (Å²) in [6, 6.07) is 16.9. The van der Waals surface area contributed by atoms with E-state index in [4.69, 9.17) is 4.98 Å². The number of rotatable bonds is 3. The summed E-state index contributed by atoms with van der Waals surface area (Å²) in [6.07, 6.45) is 0.779. The molecule has 130 valence electrons. The number of nitrogens with zero attached hydrogens (tertiary/aromatic N) is 3. The first-order valence-electron chi connectivity index (χ1n) is 8.71. The average molecular weight is 345 g/mol. The molecule has 0 aliphatic carbocycles. The summed E-state index contributed by atoms with van der Waals surface area (Å²) in [5.41, 5.74) is 1.52. The molecule has 0 saturated carbocycles. The van der Waals surface area contributed by atoms with Crippen molar-refractivity contribution in [2.75, 3.05) is 0 Å². The van der Waals surface area contributed by atoms with Gasteiger partial charge in [0.05, 0.1) is 5.52 Å². The Hall–Kier alpha value is -3.21. The zero-order chi connectivity index (χ0) is 18.3. The fourth-order valence-electron chi connectivity index (χ4n) is 3.43. The number of hydrogen-bond acceptors (Lipinski definition) is 3. The van der Waals surface area contributed by atoms with E-state index >= 15 is 0 Å². The Morgan fingerprint density at radius 1 is 0.962 bits per heavy atom. The van der Waals surface area contributed by atoms with E-state index in [-0.39, 0.29) is 16.4 Å². The summed E-state index contributed by atoms with van der Waals surface area (Å²) in [6.45, 7) is 2.52. The second-order valence-electron chi connectivity index (χ2n) is 6.36. The van der Waals surface area contributed by atoms with Crippen molar-refractivity contribution in [1.29, 1.82) is 0 Å². The molecule has 2 aromatic carbocycles. The van der Waals surface area contributed by atoms with E-state index in [1.807, 2.05) is 67.1 Å². The first-order valence-corrected chi connectivity index (χ1v) is 8.71. The Morgan fingerprint density at radius 2 is 1.65 bits per heavy atom. The van der Waals surface area contributed by atoms with Gasteiger partial charge in [-0.25, -0.2) is 4.98 Å². The summed E-state index contributed by atoms with van der Waals surface area (Å²) in [7, 11) is 1.84. The van der Waals surface area contributed by atoms with Crippen LogP contribution < -0.4 is 11.0 Å². The molecule has 0 saturated heterocycles. The standard InChI is InChI=1S/C21H19N3O2/c1-3-13-24-19(14-9-5-4-6-10-14)22-20-17(21(24)26)18(25)15-11-7-8-12-16(15)23(20)2/h4-12H,3,13H2,1-2H3. The number of aromatic nitrogens is 3. The Labute approximate surface area is 150 Å². The van der Waals surface area contributed by atoms with E-state index in [9.17, 15) is 9.59 Å². The van der Waals surface area contributed by atoms with Crippen LogP contribution in [0.1, 0.15) is 13.3 Å². The molecule has 2 heterocycles. The lowest BCUT2D eigenvalue weighted by molar-refractivity contribution is 0.654. The molecule has 5 nitrogen and oxygen atoms in total. The summed E-state index contributed by atoms with van der Waals surface area (Å²) < 4.78 is 3.45. The van der Waals surface area contributed by atoms with Gasteiger partial charge in [-0.05, 0) is 18.6 Å². The molecule has 0 N–H and O–H groups in total. The molecule has 0 radical (unpaired) electrons. The largest absolute Gasteiger partial charge is 0.328 e. The van der Waals surface area contributed by atoms with Gasteiger partial charge in [-0.3, -0.25) is 14.2 Å². The van der Waals surface area contributed by atoms with Gasteiger partial charge in [-0.1, -0.05) is 49.4 Å². The maximum absolute atomic E-state index is 13.2. The van der Waals surface area contributed by atoms with Crippen LogP contribution in [0.15, 0.2) is 64.2 Å². The highest BCUT2D eigenvalue weighted by atomic mass is 16.1. The minimum Gasteiger partial charge on any atom is -0.328 e. The predicted molar refractivity (Wildman–Crippen MR) is 104 cm³/mol. The molecular formula is C21H19N3O2. The van der Waals surface area contributed by atoms with Crippen LogP contribution in [0.4, 0.5) is 0 Å². The van der Waals surface area contributed by atoms with Crippen molar-refractivity contribution in [3.63, 3.8) is 0 Å². The van der Waals surface area contributed by atoms with Crippen molar-refractivity contribution in [2.45, 2.75) is 19.9 Å². The molecule has 0 unspecified atom stereocenters. The molecule has 0 spiro atoms. The molecule has 0 aliphatic rings. The van der Waals surface area contributed by atoms with Crippen molar-refractivity contribution in [1.82, 2.24) is 14.1 Å². The molecule has 0 bridgehead atoms. The number of benzene rings is 2. The lowest BCUT2D eigenvalue weighted by Gasteiger charge is -2.15. The Morgan fingerprint density at radius 3 is 2.38 bits per heavy atom. The maximum atomic E-state index is 13.2. The summed E-state index contributed by atoms with van der Waals surface area (Å²) >= 11 is 0. The van der Waals surface area contributed by atoms with Crippen molar-refractivity contribution >= 4 is 21.9 Å². The first-order chi connectivity index (χ1) is 12.6. The molecule has 0 amide bonds. The first kappa shape index (κ1) is 16.3. The van der Waals surface area contributed by atoms with Crippen LogP contribution in [0.2, 0.25) is 0 Å². The second-order valence-corrected chi connectivity index (χ2v) is 6.36. The topological polar surface area (TPSA) is 56.9 Å². The number of aryl methyl sites for hydroxylation is 1. The monoisotopic (exact) mass is 345 g/mol. The fraction of sp³-hybridized carbons (Fsp3) is 0.190. The van der Waals surface area contributed by atoms with E-state index in [0.29, 0.717) is 23.4 Å². The smallest absolute Gasteiger partial charge is 0.267 e. The van der Waals surface area contributed by atoms with Gasteiger partial charge in [-0.15, -0.1) is 0 Å². The SMILES string of the molecule is CCCn1c(-c2ccccc2)nc2c(c(=O)c3ccccc3n2C)c1=O. The number of para-hydroxylation sites is 1. The highest BCUT2D eigenvalue weighted by Crippen LogP contribution is 2.20.